The molecule has 14 heteroatoms. The summed E-state index contributed by atoms with van der Waals surface area (Å²) in [5.74, 6) is -1.53. The van der Waals surface area contributed by atoms with Gasteiger partial charge in [-0.2, -0.15) is 0 Å². The molecule has 1 amide bonds. The molecule has 0 saturated carbocycles. The Morgan fingerprint density at radius 1 is 1.42 bits per heavy atom. The zero-order valence-corrected chi connectivity index (χ0v) is 19.9. The maximum Gasteiger partial charge on any atom is 0.404 e. The first-order valence-corrected chi connectivity index (χ1v) is 11.9. The summed E-state index contributed by atoms with van der Waals surface area (Å²) in [5.41, 5.74) is 5.28. The average molecular weight is 513 g/mol. The molecular formula is C22H20N6O7S. The van der Waals surface area contributed by atoms with Crippen LogP contribution in [0.5, 0.6) is 0 Å². The lowest BCUT2D eigenvalue weighted by atomic mass is 9.82. The molecule has 1 aromatic carbocycles. The van der Waals surface area contributed by atoms with Crippen molar-refractivity contribution in [3.63, 3.8) is 0 Å². The number of nitrogens with two attached hydrogens (primary N) is 1. The smallest absolute Gasteiger partial charge is 0.404 e. The molecular weight excluding hydrogens is 492 g/mol. The van der Waals surface area contributed by atoms with Crippen molar-refractivity contribution in [2.24, 2.45) is 11.7 Å². The molecule has 186 valence electrons. The monoisotopic (exact) mass is 512 g/mol. The molecule has 3 aliphatic heterocycles. The van der Waals surface area contributed by atoms with Gasteiger partial charge in [0.15, 0.2) is 10.9 Å². The summed E-state index contributed by atoms with van der Waals surface area (Å²) in [6.07, 6.45) is -0.997. The van der Waals surface area contributed by atoms with Crippen molar-refractivity contribution in [1.29, 1.82) is 0 Å². The van der Waals surface area contributed by atoms with Crippen LogP contribution >= 0.6 is 11.3 Å². The molecule has 6 rings (SSSR count). The van der Waals surface area contributed by atoms with Gasteiger partial charge in [0.05, 0.1) is 38.5 Å². The number of nitrogens with one attached hydrogen (secondary N) is 2. The van der Waals surface area contributed by atoms with Crippen molar-refractivity contribution >= 4 is 50.0 Å². The number of nitrogens with zero attached hydrogens (tertiary/aromatic N) is 3. The van der Waals surface area contributed by atoms with E-state index in [0.29, 0.717) is 21.9 Å². The number of nitro benzene ring substituents is 1. The van der Waals surface area contributed by atoms with Gasteiger partial charge in [-0.15, -0.1) is 0 Å². The molecule has 0 radical (unpaired) electrons. The average Bonchev–Trinajstić information content (AvgIpc) is 3.25. The van der Waals surface area contributed by atoms with E-state index >= 15 is 0 Å². The summed E-state index contributed by atoms with van der Waals surface area (Å²) >= 11 is 1.12. The van der Waals surface area contributed by atoms with Crippen molar-refractivity contribution in [1.82, 2.24) is 15.2 Å². The number of benzene rings is 1. The number of ketones is 2. The number of hydrogen-bond acceptors (Lipinski definition) is 12. The highest BCUT2D eigenvalue weighted by molar-refractivity contribution is 7.22. The van der Waals surface area contributed by atoms with E-state index in [-0.39, 0.29) is 52.7 Å². The van der Waals surface area contributed by atoms with E-state index in [9.17, 15) is 24.5 Å². The second-order valence-corrected chi connectivity index (χ2v) is 10.0. The minimum Gasteiger partial charge on any atom is -0.449 e. The minimum absolute atomic E-state index is 0.0455. The zero-order valence-electron chi connectivity index (χ0n) is 19.1. The van der Waals surface area contributed by atoms with Gasteiger partial charge in [-0.25, -0.2) is 9.78 Å². The number of aromatic nitrogens is 1. The number of nitro groups is 1. The van der Waals surface area contributed by atoms with Crippen molar-refractivity contribution in [3.05, 3.63) is 50.9 Å². The number of fused-ring (bicyclic) bond motifs is 5. The van der Waals surface area contributed by atoms with Crippen LogP contribution in [0.1, 0.15) is 6.92 Å². The lowest BCUT2D eigenvalue weighted by Crippen LogP contribution is -2.55. The first-order valence-electron chi connectivity index (χ1n) is 11.0. The van der Waals surface area contributed by atoms with E-state index < -0.39 is 28.4 Å². The van der Waals surface area contributed by atoms with Crippen LogP contribution in [0.2, 0.25) is 0 Å². The number of rotatable bonds is 6. The standard InChI is InChI=1S/C22H20N6O7S/c1-8-15(26-21-25-11-4-3-9(28(32)33)5-13(11)36-21)18(30)14-10(7-35-20(23)31)22(34-2)19-12(24-19)6-27(22)16(14)17(8)29/h3-5,10,12,19,24H,6-7H2,1-2H3,(H2,23,31)(H,25,26). The second-order valence-electron chi connectivity index (χ2n) is 8.97. The lowest BCUT2D eigenvalue weighted by molar-refractivity contribution is -0.384. The fourth-order valence-electron chi connectivity index (χ4n) is 5.63. The number of carbonyl (C=O) groups is 3. The Labute approximate surface area is 207 Å². The minimum atomic E-state index is -1.07. The molecule has 4 aliphatic rings. The molecule has 36 heavy (non-hydrogen) atoms. The van der Waals surface area contributed by atoms with Gasteiger partial charge in [-0.1, -0.05) is 11.3 Å². The fraction of sp³-hybridized carbons (Fsp3) is 0.364. The molecule has 4 unspecified atom stereocenters. The van der Waals surface area contributed by atoms with Gasteiger partial charge >= 0.3 is 6.09 Å². The highest BCUT2D eigenvalue weighted by atomic mass is 32.1. The highest BCUT2D eigenvalue weighted by Crippen LogP contribution is 2.55. The van der Waals surface area contributed by atoms with Crippen LogP contribution < -0.4 is 16.4 Å². The topological polar surface area (TPSA) is 189 Å². The predicted molar refractivity (Wildman–Crippen MR) is 126 cm³/mol. The third kappa shape index (κ3) is 2.95. The SMILES string of the molecule is COC12C(COC(N)=O)C3=C(C(=O)C(C)=C(Nc4nc5ccc([N+](=O)[O-])cc5s4)C3=O)N1CC1NC12. The molecule has 4 atom stereocenters. The Morgan fingerprint density at radius 2 is 2.19 bits per heavy atom. The van der Waals surface area contributed by atoms with Crippen LogP contribution in [-0.4, -0.2) is 70.5 Å². The molecule has 4 heterocycles. The number of carbonyl (C=O) groups excluding carboxylic acids is 3. The Balaban J connectivity index is 1.38. The largest absolute Gasteiger partial charge is 0.449 e. The van der Waals surface area contributed by atoms with E-state index in [0.717, 1.165) is 11.3 Å². The normalized spacial score (nSPS) is 28.4. The summed E-state index contributed by atoms with van der Waals surface area (Å²) in [6.45, 7) is 1.79. The van der Waals surface area contributed by atoms with Crippen molar-refractivity contribution in [3.8, 4) is 0 Å². The lowest BCUT2D eigenvalue weighted by Gasteiger charge is -2.39. The Bertz CT molecular complexity index is 1460. The summed E-state index contributed by atoms with van der Waals surface area (Å²) in [5, 5.41) is 17.7. The van der Waals surface area contributed by atoms with Crippen molar-refractivity contribution in [2.45, 2.75) is 24.7 Å². The van der Waals surface area contributed by atoms with E-state index in [1.807, 2.05) is 0 Å². The second kappa shape index (κ2) is 7.56. The molecule has 4 N–H and O–H groups in total. The van der Waals surface area contributed by atoms with E-state index in [2.05, 4.69) is 15.6 Å². The number of methoxy groups -OCH3 is 1. The van der Waals surface area contributed by atoms with Crippen LogP contribution in [0.4, 0.5) is 15.6 Å². The summed E-state index contributed by atoms with van der Waals surface area (Å²) in [4.78, 5) is 55.7. The molecule has 1 aliphatic carbocycles. The van der Waals surface area contributed by atoms with Crippen molar-refractivity contribution in [2.75, 3.05) is 25.6 Å². The number of piperazine rings is 1. The number of allylic oxidation sites excluding steroid dienone is 2. The van der Waals surface area contributed by atoms with Gasteiger partial charge < -0.3 is 30.7 Å². The number of Topliss-reactive ketones (excluding diaryl/α,β-unsaturated/α-hetero) is 2. The van der Waals surface area contributed by atoms with Crippen molar-refractivity contribution < 1.29 is 28.8 Å². The van der Waals surface area contributed by atoms with Crippen LogP contribution in [0, 0.1) is 16.0 Å². The fourth-order valence-corrected chi connectivity index (χ4v) is 6.53. The number of anilines is 1. The van der Waals surface area contributed by atoms with E-state index in [1.54, 1.807) is 11.8 Å². The maximum atomic E-state index is 13.9. The third-order valence-electron chi connectivity index (χ3n) is 7.24. The number of hydrogen-bond donors (Lipinski definition) is 3. The Morgan fingerprint density at radius 3 is 2.89 bits per heavy atom. The number of ether oxygens (including phenoxy) is 2. The molecule has 1 aromatic heterocycles. The highest BCUT2D eigenvalue weighted by Gasteiger charge is 2.72. The number of non-ortho nitro benzene ring substituents is 1. The van der Waals surface area contributed by atoms with E-state index in [1.165, 1.54) is 25.3 Å². The molecule has 2 aromatic rings. The summed E-state index contributed by atoms with van der Waals surface area (Å²) in [6, 6.07) is 4.22. The Hall–Kier alpha value is -3.88. The van der Waals surface area contributed by atoms with Crippen LogP contribution in [0.3, 0.4) is 0 Å². The van der Waals surface area contributed by atoms with Crippen LogP contribution in [0.15, 0.2) is 40.7 Å². The summed E-state index contributed by atoms with van der Waals surface area (Å²) in [7, 11) is 1.50. The van der Waals surface area contributed by atoms with Gasteiger partial charge in [-0.3, -0.25) is 19.7 Å². The molecule has 0 bridgehead atoms. The van der Waals surface area contributed by atoms with Gasteiger partial charge in [0.25, 0.3) is 5.69 Å². The molecule has 2 fully saturated rings. The zero-order chi connectivity index (χ0) is 25.5. The first-order chi connectivity index (χ1) is 17.2. The van der Waals surface area contributed by atoms with Gasteiger partial charge in [0.2, 0.25) is 11.6 Å². The third-order valence-corrected chi connectivity index (χ3v) is 8.18. The van der Waals surface area contributed by atoms with Crippen LogP contribution in [0.25, 0.3) is 10.2 Å². The number of thiazole rings is 1. The maximum absolute atomic E-state index is 13.9. The van der Waals surface area contributed by atoms with E-state index in [4.69, 9.17) is 15.2 Å². The number of amides is 1. The van der Waals surface area contributed by atoms with Gasteiger partial charge in [0.1, 0.15) is 6.61 Å². The molecule has 13 nitrogen and oxygen atoms in total. The van der Waals surface area contributed by atoms with Gasteiger partial charge in [0, 0.05) is 43.0 Å². The quantitative estimate of drug-likeness (QED) is 0.217. The Kier molecular flexibility index (Phi) is 4.74. The number of primary amides is 1. The van der Waals surface area contributed by atoms with Crippen LogP contribution in [-0.2, 0) is 19.1 Å². The van der Waals surface area contributed by atoms with Gasteiger partial charge in [-0.05, 0) is 13.0 Å². The first kappa shape index (κ1) is 22.6. The summed E-state index contributed by atoms with van der Waals surface area (Å²) < 4.78 is 11.6. The predicted octanol–water partition coefficient (Wildman–Crippen LogP) is 1.02. The molecule has 0 spiro atoms. The molecule has 2 saturated heterocycles.